The summed E-state index contributed by atoms with van der Waals surface area (Å²) in [5, 5.41) is 5.15. The van der Waals surface area contributed by atoms with Crippen molar-refractivity contribution in [3.8, 4) is 5.75 Å². The van der Waals surface area contributed by atoms with Gasteiger partial charge in [-0.25, -0.2) is 0 Å². The van der Waals surface area contributed by atoms with Crippen LogP contribution in [0.1, 0.15) is 27.6 Å². The van der Waals surface area contributed by atoms with E-state index in [4.69, 9.17) is 10.5 Å². The molecule has 0 saturated carbocycles. The van der Waals surface area contributed by atoms with Gasteiger partial charge in [0.1, 0.15) is 5.75 Å². The van der Waals surface area contributed by atoms with Gasteiger partial charge in [-0.2, -0.15) is 0 Å². The van der Waals surface area contributed by atoms with Gasteiger partial charge in [0.15, 0.2) is 0 Å². The van der Waals surface area contributed by atoms with Gasteiger partial charge < -0.3 is 21.1 Å². The molecule has 0 aliphatic rings. The fourth-order valence-corrected chi connectivity index (χ4v) is 2.05. The number of hydrogen-bond acceptors (Lipinski definition) is 4. The molecular weight excluding hydrogens is 322 g/mol. The lowest BCUT2D eigenvalue weighted by Crippen LogP contribution is -2.32. The third kappa shape index (κ3) is 5.35. The summed E-state index contributed by atoms with van der Waals surface area (Å²) in [5.41, 5.74) is 6.43. The van der Waals surface area contributed by atoms with Gasteiger partial charge in [-0.3, -0.25) is 14.4 Å². The highest BCUT2D eigenvalue weighted by molar-refractivity contribution is 5.99. The second kappa shape index (κ2) is 8.49. The summed E-state index contributed by atoms with van der Waals surface area (Å²) >= 11 is 0. The van der Waals surface area contributed by atoms with E-state index in [-0.39, 0.29) is 18.4 Å². The molecule has 7 heteroatoms. The Labute approximate surface area is 145 Å². The van der Waals surface area contributed by atoms with Crippen molar-refractivity contribution in [3.05, 3.63) is 59.7 Å². The molecule has 7 nitrogen and oxygen atoms in total. The first-order valence-electron chi connectivity index (χ1n) is 7.70. The first-order valence-corrected chi connectivity index (χ1v) is 7.70. The lowest BCUT2D eigenvalue weighted by molar-refractivity contribution is -0.115. The third-order valence-corrected chi connectivity index (χ3v) is 3.29. The molecule has 4 N–H and O–H groups in total. The Morgan fingerprint density at radius 1 is 0.960 bits per heavy atom. The van der Waals surface area contributed by atoms with Crippen LogP contribution in [0.2, 0.25) is 0 Å². The Morgan fingerprint density at radius 2 is 1.56 bits per heavy atom. The quantitative estimate of drug-likeness (QED) is 0.709. The zero-order valence-electron chi connectivity index (χ0n) is 13.7. The molecule has 0 fully saturated rings. The summed E-state index contributed by atoms with van der Waals surface area (Å²) in [6.07, 6.45) is 0. The Bertz CT molecular complexity index is 755. The Morgan fingerprint density at radius 3 is 2.12 bits per heavy atom. The molecule has 130 valence electrons. The van der Waals surface area contributed by atoms with Crippen LogP contribution in [0, 0.1) is 0 Å². The molecule has 0 atom stereocenters. The van der Waals surface area contributed by atoms with Crippen molar-refractivity contribution in [2.75, 3.05) is 18.5 Å². The van der Waals surface area contributed by atoms with Crippen LogP contribution in [-0.2, 0) is 4.79 Å². The van der Waals surface area contributed by atoms with Gasteiger partial charge in [0, 0.05) is 16.8 Å². The van der Waals surface area contributed by atoms with Crippen LogP contribution < -0.4 is 21.1 Å². The highest BCUT2D eigenvalue weighted by Crippen LogP contribution is 2.12. The molecule has 2 rings (SSSR count). The Balaban J connectivity index is 1.84. The number of nitrogens with two attached hydrogens (primary N) is 1. The normalized spacial score (nSPS) is 9.96. The van der Waals surface area contributed by atoms with E-state index in [2.05, 4.69) is 10.6 Å². The summed E-state index contributed by atoms with van der Waals surface area (Å²) < 4.78 is 5.30. The second-order valence-corrected chi connectivity index (χ2v) is 5.13. The third-order valence-electron chi connectivity index (χ3n) is 3.29. The number of anilines is 1. The second-order valence-electron chi connectivity index (χ2n) is 5.13. The molecule has 2 aromatic carbocycles. The van der Waals surface area contributed by atoms with E-state index >= 15 is 0 Å². The summed E-state index contributed by atoms with van der Waals surface area (Å²) in [6, 6.07) is 12.8. The number of primary amides is 1. The monoisotopic (exact) mass is 341 g/mol. The van der Waals surface area contributed by atoms with Crippen molar-refractivity contribution in [2.24, 2.45) is 5.73 Å². The van der Waals surface area contributed by atoms with Gasteiger partial charge in [-0.1, -0.05) is 0 Å². The largest absolute Gasteiger partial charge is 0.494 e. The van der Waals surface area contributed by atoms with E-state index in [1.807, 2.05) is 6.92 Å². The lowest BCUT2D eigenvalue weighted by Gasteiger charge is -2.08. The molecule has 0 aliphatic carbocycles. The van der Waals surface area contributed by atoms with E-state index in [1.165, 1.54) is 12.1 Å². The van der Waals surface area contributed by atoms with Gasteiger partial charge in [0.05, 0.1) is 13.2 Å². The molecule has 0 bridgehead atoms. The average molecular weight is 341 g/mol. The maximum absolute atomic E-state index is 12.0. The number of amides is 3. The van der Waals surface area contributed by atoms with E-state index in [0.29, 0.717) is 29.2 Å². The summed E-state index contributed by atoms with van der Waals surface area (Å²) in [4.78, 5) is 34.9. The first kappa shape index (κ1) is 18.0. The first-order chi connectivity index (χ1) is 12.0. The number of nitrogens with one attached hydrogen (secondary N) is 2. The highest BCUT2D eigenvalue weighted by Gasteiger charge is 2.09. The smallest absolute Gasteiger partial charge is 0.251 e. The number of carbonyl (C=O) groups excluding carboxylic acids is 3. The van der Waals surface area contributed by atoms with Crippen molar-refractivity contribution in [2.45, 2.75) is 6.92 Å². The Hall–Kier alpha value is -3.35. The predicted octanol–water partition coefficient (Wildman–Crippen LogP) is 1.55. The van der Waals surface area contributed by atoms with Crippen molar-refractivity contribution >= 4 is 23.4 Å². The lowest BCUT2D eigenvalue weighted by atomic mass is 10.2. The summed E-state index contributed by atoms with van der Waals surface area (Å²) in [5.74, 6) is -0.606. The number of hydrogen-bond donors (Lipinski definition) is 3. The highest BCUT2D eigenvalue weighted by atomic mass is 16.5. The van der Waals surface area contributed by atoms with Crippen LogP contribution in [0.25, 0.3) is 0 Å². The molecule has 0 aliphatic heterocycles. The summed E-state index contributed by atoms with van der Waals surface area (Å²) in [6.45, 7) is 2.25. The molecule has 0 radical (unpaired) electrons. The molecule has 0 aromatic heterocycles. The maximum atomic E-state index is 12.0. The number of ether oxygens (including phenoxy) is 1. The van der Waals surface area contributed by atoms with Crippen LogP contribution in [0.4, 0.5) is 5.69 Å². The van der Waals surface area contributed by atoms with Gasteiger partial charge in [0.25, 0.3) is 5.91 Å². The minimum atomic E-state index is -0.541. The van der Waals surface area contributed by atoms with Crippen LogP contribution in [-0.4, -0.2) is 30.9 Å². The van der Waals surface area contributed by atoms with E-state index in [0.717, 1.165) is 0 Å². The molecule has 2 aromatic rings. The molecule has 0 spiro atoms. The number of rotatable bonds is 7. The van der Waals surface area contributed by atoms with E-state index in [1.54, 1.807) is 36.4 Å². The standard InChI is InChI=1S/C18H19N3O4/c1-2-25-15-9-5-13(6-10-15)18(24)20-11-16(22)21-14-7-3-12(4-8-14)17(19)23/h3-10H,2,11H2,1H3,(H2,19,23)(H,20,24)(H,21,22). The molecule has 0 saturated heterocycles. The minimum Gasteiger partial charge on any atom is -0.494 e. The fourth-order valence-electron chi connectivity index (χ4n) is 2.05. The van der Waals surface area contributed by atoms with Crippen LogP contribution >= 0.6 is 0 Å². The fraction of sp³-hybridized carbons (Fsp3) is 0.167. The maximum Gasteiger partial charge on any atom is 0.251 e. The molecule has 0 unspecified atom stereocenters. The molecular formula is C18H19N3O4. The molecule has 0 heterocycles. The topological polar surface area (TPSA) is 111 Å². The van der Waals surface area contributed by atoms with Crippen molar-refractivity contribution in [3.63, 3.8) is 0 Å². The van der Waals surface area contributed by atoms with Crippen molar-refractivity contribution in [1.82, 2.24) is 5.32 Å². The zero-order valence-corrected chi connectivity index (χ0v) is 13.7. The minimum absolute atomic E-state index is 0.177. The summed E-state index contributed by atoms with van der Waals surface area (Å²) in [7, 11) is 0. The van der Waals surface area contributed by atoms with E-state index in [9.17, 15) is 14.4 Å². The van der Waals surface area contributed by atoms with E-state index < -0.39 is 5.91 Å². The van der Waals surface area contributed by atoms with Gasteiger partial charge in [-0.15, -0.1) is 0 Å². The van der Waals surface area contributed by atoms with Crippen LogP contribution in [0.5, 0.6) is 5.75 Å². The number of carbonyl (C=O) groups is 3. The van der Waals surface area contributed by atoms with Gasteiger partial charge in [0.2, 0.25) is 11.8 Å². The Kier molecular flexibility index (Phi) is 6.11. The SMILES string of the molecule is CCOc1ccc(C(=O)NCC(=O)Nc2ccc(C(N)=O)cc2)cc1. The van der Waals surface area contributed by atoms with Crippen molar-refractivity contribution < 1.29 is 19.1 Å². The average Bonchev–Trinajstić information content (AvgIpc) is 2.61. The van der Waals surface area contributed by atoms with Gasteiger partial charge in [-0.05, 0) is 55.5 Å². The van der Waals surface area contributed by atoms with Gasteiger partial charge >= 0.3 is 0 Å². The van der Waals surface area contributed by atoms with Crippen LogP contribution in [0.3, 0.4) is 0 Å². The molecule has 25 heavy (non-hydrogen) atoms. The van der Waals surface area contributed by atoms with Crippen LogP contribution in [0.15, 0.2) is 48.5 Å². The molecule has 3 amide bonds. The van der Waals surface area contributed by atoms with Crippen molar-refractivity contribution in [1.29, 1.82) is 0 Å². The number of benzene rings is 2. The zero-order chi connectivity index (χ0) is 18.2. The predicted molar refractivity (Wildman–Crippen MR) is 93.5 cm³/mol.